The molecule has 2 atom stereocenters. The third-order valence-corrected chi connectivity index (χ3v) is 4.16. The van der Waals surface area contributed by atoms with E-state index in [0.717, 1.165) is 32.2 Å². The summed E-state index contributed by atoms with van der Waals surface area (Å²) < 4.78 is 5.07. The average Bonchev–Trinajstić information content (AvgIpc) is 2.54. The first kappa shape index (κ1) is 17.4. The molecule has 0 spiro atoms. The van der Waals surface area contributed by atoms with Crippen LogP contribution in [-0.2, 0) is 4.74 Å². The molecule has 0 saturated carbocycles. The summed E-state index contributed by atoms with van der Waals surface area (Å²) in [5.74, 6) is 0.675. The van der Waals surface area contributed by atoms with Crippen molar-refractivity contribution in [3.05, 3.63) is 16.4 Å². The molecule has 23 heavy (non-hydrogen) atoms. The highest BCUT2D eigenvalue weighted by Crippen LogP contribution is 2.36. The highest BCUT2D eigenvalue weighted by atomic mass is 16.6. The molecule has 1 saturated heterocycles. The van der Waals surface area contributed by atoms with Crippen molar-refractivity contribution >= 4 is 17.3 Å². The number of hydrogen-bond donors (Lipinski definition) is 1. The van der Waals surface area contributed by atoms with Gasteiger partial charge in [0.25, 0.3) is 0 Å². The number of ether oxygens (including phenoxy) is 1. The molecule has 1 aliphatic heterocycles. The normalized spacial score (nSPS) is 19.4. The molecule has 2 heterocycles. The van der Waals surface area contributed by atoms with Crippen molar-refractivity contribution in [3.63, 3.8) is 0 Å². The summed E-state index contributed by atoms with van der Waals surface area (Å²) in [6, 6.07) is 0.214. The number of rotatable bonds is 7. The van der Waals surface area contributed by atoms with Gasteiger partial charge in [-0.25, -0.2) is 9.97 Å². The van der Waals surface area contributed by atoms with Crippen molar-refractivity contribution in [3.8, 4) is 0 Å². The fourth-order valence-corrected chi connectivity index (χ4v) is 3.08. The lowest BCUT2D eigenvalue weighted by Gasteiger charge is -2.35. The van der Waals surface area contributed by atoms with E-state index >= 15 is 0 Å². The Bertz CT molecular complexity index is 540. The van der Waals surface area contributed by atoms with Crippen LogP contribution in [0.1, 0.15) is 39.5 Å². The molecule has 8 nitrogen and oxygen atoms in total. The van der Waals surface area contributed by atoms with Crippen LogP contribution in [0.2, 0.25) is 0 Å². The van der Waals surface area contributed by atoms with E-state index in [4.69, 9.17) is 4.74 Å². The number of hydrogen-bond acceptors (Lipinski definition) is 7. The molecule has 1 fully saturated rings. The summed E-state index contributed by atoms with van der Waals surface area (Å²) in [4.78, 5) is 21.6. The Morgan fingerprint density at radius 1 is 1.52 bits per heavy atom. The van der Waals surface area contributed by atoms with Gasteiger partial charge in [0.2, 0.25) is 11.6 Å². The fourth-order valence-electron chi connectivity index (χ4n) is 3.08. The van der Waals surface area contributed by atoms with Gasteiger partial charge in [-0.3, -0.25) is 10.1 Å². The van der Waals surface area contributed by atoms with E-state index < -0.39 is 4.92 Å². The number of aromatic nitrogens is 2. The Morgan fingerprint density at radius 2 is 2.30 bits per heavy atom. The maximum Gasteiger partial charge on any atom is 0.353 e. The molecule has 1 aromatic rings. The van der Waals surface area contributed by atoms with Crippen molar-refractivity contribution in [2.75, 3.05) is 30.5 Å². The van der Waals surface area contributed by atoms with Gasteiger partial charge in [-0.05, 0) is 32.6 Å². The number of methoxy groups -OCH3 is 1. The smallest absolute Gasteiger partial charge is 0.353 e. The first-order valence-electron chi connectivity index (χ1n) is 8.10. The zero-order chi connectivity index (χ0) is 16.8. The Labute approximate surface area is 136 Å². The van der Waals surface area contributed by atoms with E-state index in [1.54, 1.807) is 7.11 Å². The molecule has 1 aromatic heterocycles. The predicted molar refractivity (Wildman–Crippen MR) is 88.9 cm³/mol. The van der Waals surface area contributed by atoms with E-state index in [-0.39, 0.29) is 17.5 Å². The number of nitrogens with zero attached hydrogens (tertiary/aromatic N) is 4. The molecule has 1 N–H and O–H groups in total. The van der Waals surface area contributed by atoms with E-state index in [9.17, 15) is 10.1 Å². The van der Waals surface area contributed by atoms with Crippen molar-refractivity contribution < 1.29 is 9.66 Å². The van der Waals surface area contributed by atoms with Gasteiger partial charge < -0.3 is 15.0 Å². The Morgan fingerprint density at radius 3 is 2.96 bits per heavy atom. The van der Waals surface area contributed by atoms with Crippen LogP contribution in [0.5, 0.6) is 0 Å². The van der Waals surface area contributed by atoms with Gasteiger partial charge in [0.1, 0.15) is 6.33 Å². The van der Waals surface area contributed by atoms with Gasteiger partial charge in [0.15, 0.2) is 0 Å². The highest BCUT2D eigenvalue weighted by molar-refractivity contribution is 5.70. The largest absolute Gasteiger partial charge is 0.383 e. The maximum atomic E-state index is 11.6. The molecular weight excluding hydrogens is 298 g/mol. The van der Waals surface area contributed by atoms with Gasteiger partial charge in [-0.15, -0.1) is 0 Å². The minimum absolute atomic E-state index is 0.0456. The molecule has 0 aromatic carbocycles. The lowest BCUT2D eigenvalue weighted by molar-refractivity contribution is -0.383. The third-order valence-electron chi connectivity index (χ3n) is 4.16. The van der Waals surface area contributed by atoms with E-state index in [1.807, 2.05) is 6.92 Å². The van der Waals surface area contributed by atoms with E-state index in [1.165, 1.54) is 6.33 Å². The van der Waals surface area contributed by atoms with Crippen molar-refractivity contribution in [2.24, 2.45) is 0 Å². The molecule has 0 amide bonds. The zero-order valence-corrected chi connectivity index (χ0v) is 14.0. The summed E-state index contributed by atoms with van der Waals surface area (Å²) in [6.45, 7) is 5.24. The summed E-state index contributed by atoms with van der Waals surface area (Å²) in [6.07, 6.45) is 5.57. The fraction of sp³-hybridized carbons (Fsp3) is 0.733. The van der Waals surface area contributed by atoms with E-state index in [0.29, 0.717) is 18.5 Å². The van der Waals surface area contributed by atoms with Crippen LogP contribution in [0.4, 0.5) is 17.3 Å². The van der Waals surface area contributed by atoms with Gasteiger partial charge in [-0.1, -0.05) is 6.92 Å². The average molecular weight is 323 g/mol. The van der Waals surface area contributed by atoms with Crippen LogP contribution in [0, 0.1) is 10.1 Å². The van der Waals surface area contributed by atoms with Crippen LogP contribution in [0.25, 0.3) is 0 Å². The molecule has 2 rings (SSSR count). The van der Waals surface area contributed by atoms with Gasteiger partial charge in [0.05, 0.1) is 11.5 Å². The highest BCUT2D eigenvalue weighted by Gasteiger charge is 2.32. The SMILES string of the molecule is CCC1CCCCN1c1ncnc(NC(C)COC)c1[N+](=O)[O-]. The Balaban J connectivity index is 2.37. The lowest BCUT2D eigenvalue weighted by Crippen LogP contribution is -2.40. The Hall–Kier alpha value is -1.96. The maximum absolute atomic E-state index is 11.6. The molecule has 0 aliphatic carbocycles. The number of nitro groups is 1. The zero-order valence-electron chi connectivity index (χ0n) is 14.0. The standard InChI is InChI=1S/C15H25N5O3/c1-4-12-7-5-6-8-19(12)15-13(20(21)22)14(16-10-17-15)18-11(2)9-23-3/h10-12H,4-9H2,1-3H3,(H,16,17,18). The van der Waals surface area contributed by atoms with Crippen molar-refractivity contribution in [2.45, 2.75) is 51.6 Å². The van der Waals surface area contributed by atoms with Crippen LogP contribution >= 0.6 is 0 Å². The number of nitrogens with one attached hydrogen (secondary N) is 1. The molecule has 1 aliphatic rings. The monoisotopic (exact) mass is 323 g/mol. The summed E-state index contributed by atoms with van der Waals surface area (Å²) in [5.41, 5.74) is -0.0456. The second kappa shape index (κ2) is 8.05. The van der Waals surface area contributed by atoms with Crippen LogP contribution in [0.15, 0.2) is 6.33 Å². The minimum atomic E-state index is -0.390. The first-order chi connectivity index (χ1) is 11.1. The van der Waals surface area contributed by atoms with Crippen molar-refractivity contribution in [1.29, 1.82) is 0 Å². The minimum Gasteiger partial charge on any atom is -0.383 e. The topological polar surface area (TPSA) is 93.4 Å². The third kappa shape index (κ3) is 4.07. The van der Waals surface area contributed by atoms with E-state index in [2.05, 4.69) is 27.1 Å². The molecule has 8 heteroatoms. The molecule has 0 radical (unpaired) electrons. The Kier molecular flexibility index (Phi) is 6.09. The second-order valence-electron chi connectivity index (χ2n) is 5.90. The number of piperidine rings is 1. The van der Waals surface area contributed by atoms with Crippen LogP contribution in [0.3, 0.4) is 0 Å². The molecular formula is C15H25N5O3. The second-order valence-corrected chi connectivity index (χ2v) is 5.90. The number of anilines is 2. The van der Waals surface area contributed by atoms with Gasteiger partial charge in [0, 0.05) is 25.7 Å². The lowest BCUT2D eigenvalue weighted by atomic mass is 10.00. The molecule has 2 unspecified atom stereocenters. The predicted octanol–water partition coefficient (Wildman–Crippen LogP) is 2.60. The first-order valence-corrected chi connectivity index (χ1v) is 8.10. The van der Waals surface area contributed by atoms with Crippen molar-refractivity contribution in [1.82, 2.24) is 9.97 Å². The molecule has 128 valence electrons. The van der Waals surface area contributed by atoms with Crippen LogP contribution in [-0.4, -0.2) is 47.2 Å². The summed E-state index contributed by atoms with van der Waals surface area (Å²) in [7, 11) is 1.59. The van der Waals surface area contributed by atoms with Gasteiger partial charge >= 0.3 is 5.69 Å². The molecule has 0 bridgehead atoms. The summed E-state index contributed by atoms with van der Waals surface area (Å²) in [5, 5.41) is 14.7. The quantitative estimate of drug-likeness (QED) is 0.609. The van der Waals surface area contributed by atoms with Gasteiger partial charge in [-0.2, -0.15) is 0 Å². The van der Waals surface area contributed by atoms with Crippen LogP contribution < -0.4 is 10.2 Å². The summed E-state index contributed by atoms with van der Waals surface area (Å²) >= 11 is 0.